The predicted molar refractivity (Wildman–Crippen MR) is 131 cm³/mol. The van der Waals surface area contributed by atoms with Gasteiger partial charge in [0.1, 0.15) is 16.4 Å². The van der Waals surface area contributed by atoms with E-state index in [-0.39, 0.29) is 40.6 Å². The molecule has 4 heterocycles. The fourth-order valence-electron chi connectivity index (χ4n) is 4.94. The van der Waals surface area contributed by atoms with E-state index in [1.54, 1.807) is 24.0 Å². The number of nitrogens with zero attached hydrogens (tertiary/aromatic N) is 5. The van der Waals surface area contributed by atoms with Gasteiger partial charge in [-0.05, 0) is 44.9 Å². The van der Waals surface area contributed by atoms with E-state index in [1.165, 1.54) is 39.1 Å². The van der Waals surface area contributed by atoms with Gasteiger partial charge in [-0.2, -0.15) is 0 Å². The maximum atomic E-state index is 13.5. The Labute approximate surface area is 210 Å². The molecule has 0 saturated carbocycles. The first kappa shape index (κ1) is 24.1. The summed E-state index contributed by atoms with van der Waals surface area (Å²) in [5.74, 6) is -1.72. The highest BCUT2D eigenvalue weighted by Crippen LogP contribution is 2.35. The molecule has 0 bridgehead atoms. The van der Waals surface area contributed by atoms with Gasteiger partial charge in [0.2, 0.25) is 11.3 Å². The third-order valence-corrected chi connectivity index (χ3v) is 7.73. The van der Waals surface area contributed by atoms with Gasteiger partial charge in [0.05, 0.1) is 12.1 Å². The van der Waals surface area contributed by atoms with Crippen molar-refractivity contribution in [3.63, 3.8) is 0 Å². The van der Waals surface area contributed by atoms with E-state index in [4.69, 9.17) is 0 Å². The predicted octanol–water partition coefficient (Wildman–Crippen LogP) is 2.66. The zero-order valence-electron chi connectivity index (χ0n) is 20.2. The van der Waals surface area contributed by atoms with E-state index in [0.29, 0.717) is 24.5 Å². The Morgan fingerprint density at radius 2 is 1.89 bits per heavy atom. The van der Waals surface area contributed by atoms with Gasteiger partial charge in [-0.25, -0.2) is 4.39 Å². The summed E-state index contributed by atoms with van der Waals surface area (Å²) in [6.45, 7) is 6.72. The van der Waals surface area contributed by atoms with Crippen molar-refractivity contribution in [2.45, 2.75) is 51.7 Å². The van der Waals surface area contributed by atoms with Crippen LogP contribution in [0.25, 0.3) is 10.6 Å². The quantitative estimate of drug-likeness (QED) is 0.564. The summed E-state index contributed by atoms with van der Waals surface area (Å²) in [6.07, 6.45) is 2.81. The van der Waals surface area contributed by atoms with Crippen LogP contribution in [0.1, 0.15) is 48.3 Å². The molecule has 188 valence electrons. The minimum atomic E-state index is -1.17. The second-order valence-electron chi connectivity index (χ2n) is 9.69. The maximum absolute atomic E-state index is 13.5. The van der Waals surface area contributed by atoms with Gasteiger partial charge >= 0.3 is 0 Å². The number of amides is 2. The second-order valence-corrected chi connectivity index (χ2v) is 10.8. The number of likely N-dealkylation sites (tertiary alicyclic amines) is 1. The van der Waals surface area contributed by atoms with Crippen LogP contribution >= 0.6 is 11.3 Å². The summed E-state index contributed by atoms with van der Waals surface area (Å²) in [4.78, 5) is 43.3. The first-order valence-electron chi connectivity index (χ1n) is 11.8. The molecule has 0 spiro atoms. The minimum absolute atomic E-state index is 0.0870. The Bertz CT molecular complexity index is 1410. The van der Waals surface area contributed by atoms with E-state index >= 15 is 0 Å². The Hall–Kier alpha value is -3.60. The molecule has 3 aromatic rings. The molecule has 11 heteroatoms. The third-order valence-electron chi connectivity index (χ3n) is 6.77. The molecule has 9 nitrogen and oxygen atoms in total. The van der Waals surface area contributed by atoms with Gasteiger partial charge in [-0.15, -0.1) is 10.2 Å². The average molecular weight is 512 g/mol. The van der Waals surface area contributed by atoms with Crippen LogP contribution in [0.5, 0.6) is 5.75 Å². The number of pyridine rings is 1. The number of aromatic hydroxyl groups is 1. The maximum Gasteiger partial charge on any atom is 0.275 e. The first-order chi connectivity index (χ1) is 17.1. The lowest BCUT2D eigenvalue weighted by Gasteiger charge is -2.50. The van der Waals surface area contributed by atoms with Gasteiger partial charge in [-0.1, -0.05) is 23.5 Å². The molecule has 1 fully saturated rings. The van der Waals surface area contributed by atoms with Crippen molar-refractivity contribution in [3.8, 4) is 16.3 Å². The number of rotatable bonds is 5. The summed E-state index contributed by atoms with van der Waals surface area (Å²) in [5.41, 5.74) is -1.10. The number of aromatic nitrogens is 3. The topological polar surface area (TPSA) is 109 Å². The summed E-state index contributed by atoms with van der Waals surface area (Å²) in [6, 6.07) is 5.70. The highest BCUT2D eigenvalue weighted by Gasteiger charge is 2.51. The lowest BCUT2D eigenvalue weighted by atomic mass is 9.90. The van der Waals surface area contributed by atoms with E-state index in [0.717, 1.165) is 12.0 Å². The van der Waals surface area contributed by atoms with Gasteiger partial charge in [-0.3, -0.25) is 14.4 Å². The monoisotopic (exact) mass is 511 g/mol. The van der Waals surface area contributed by atoms with Crippen LogP contribution in [0.15, 0.2) is 35.3 Å². The molecule has 36 heavy (non-hydrogen) atoms. The number of hydrogen-bond acceptors (Lipinski definition) is 7. The Kier molecular flexibility index (Phi) is 5.90. The van der Waals surface area contributed by atoms with Crippen LogP contribution in [0, 0.1) is 5.82 Å². The van der Waals surface area contributed by atoms with Crippen LogP contribution in [0.3, 0.4) is 0 Å². The molecule has 2 amide bonds. The highest BCUT2D eigenvalue weighted by molar-refractivity contribution is 7.14. The third kappa shape index (κ3) is 3.87. The molecule has 1 atom stereocenters. The van der Waals surface area contributed by atoms with Crippen LogP contribution < -0.4 is 5.43 Å². The molecule has 0 aliphatic carbocycles. The number of benzene rings is 1. The van der Waals surface area contributed by atoms with Crippen molar-refractivity contribution in [1.82, 2.24) is 24.6 Å². The SMILES string of the molecule is CC(C)N1C(=O)c2c(O)c(=O)c(-c3nnc(Cc4ccc(F)cc4)s3)cn2C[C@@]1(C)C(=O)N1CCC1. The van der Waals surface area contributed by atoms with Crippen LogP contribution in [0.4, 0.5) is 4.39 Å². The number of fused-ring (bicyclic) bond motifs is 1. The average Bonchev–Trinajstić information content (AvgIpc) is 3.24. The standard InChI is InChI=1S/C25H26FN5O4S/c1-14(2)31-23(34)19-21(33)20(32)17(12-30(19)13-25(31,3)24(35)29-9-4-10-29)22-28-27-18(36-22)11-15-5-7-16(26)8-6-15/h5-8,12,14,33H,4,9-11,13H2,1-3H3/t25-/m0/s1. The molecule has 2 aliphatic heterocycles. The number of carbonyl (C=O) groups excluding carboxylic acids is 2. The number of hydrogen-bond donors (Lipinski definition) is 1. The normalized spacial score (nSPS) is 19.4. The first-order valence-corrected chi connectivity index (χ1v) is 12.6. The Balaban J connectivity index is 1.54. The summed E-state index contributed by atoms with van der Waals surface area (Å²) in [5, 5.41) is 20.0. The Morgan fingerprint density at radius 3 is 2.50 bits per heavy atom. The zero-order valence-corrected chi connectivity index (χ0v) is 21.0. The zero-order chi connectivity index (χ0) is 25.8. The van der Waals surface area contributed by atoms with Crippen molar-refractivity contribution >= 4 is 23.2 Å². The summed E-state index contributed by atoms with van der Waals surface area (Å²) >= 11 is 1.18. The van der Waals surface area contributed by atoms with Gasteiger partial charge in [0, 0.05) is 31.7 Å². The van der Waals surface area contributed by atoms with Crippen LogP contribution in [-0.2, 0) is 17.8 Å². The van der Waals surface area contributed by atoms with Gasteiger partial charge < -0.3 is 19.5 Å². The fraction of sp³-hybridized carbons (Fsp3) is 0.400. The van der Waals surface area contributed by atoms with Gasteiger partial charge in [0.15, 0.2) is 16.5 Å². The lowest BCUT2D eigenvalue weighted by molar-refractivity contribution is -0.148. The molecule has 1 aromatic carbocycles. The summed E-state index contributed by atoms with van der Waals surface area (Å²) < 4.78 is 14.7. The van der Waals surface area contributed by atoms with E-state index < -0.39 is 22.6 Å². The smallest absolute Gasteiger partial charge is 0.275 e. The fourth-order valence-corrected chi connectivity index (χ4v) is 5.82. The van der Waals surface area contributed by atoms with Crippen LogP contribution in [-0.4, -0.2) is 66.2 Å². The van der Waals surface area contributed by atoms with Crippen LogP contribution in [0.2, 0.25) is 0 Å². The molecule has 1 N–H and O–H groups in total. The number of carbonyl (C=O) groups is 2. The van der Waals surface area contributed by atoms with Crippen molar-refractivity contribution in [3.05, 3.63) is 62.8 Å². The van der Waals surface area contributed by atoms with Gasteiger partial charge in [0.25, 0.3) is 5.91 Å². The summed E-state index contributed by atoms with van der Waals surface area (Å²) in [7, 11) is 0. The van der Waals surface area contributed by atoms with Crippen molar-refractivity contribution in [2.24, 2.45) is 0 Å². The molecule has 1 saturated heterocycles. The molecular formula is C25H26FN5O4S. The molecule has 5 rings (SSSR count). The molecule has 2 aromatic heterocycles. The molecular weight excluding hydrogens is 485 g/mol. The van der Waals surface area contributed by atoms with E-state index in [9.17, 15) is 23.9 Å². The van der Waals surface area contributed by atoms with E-state index in [2.05, 4.69) is 10.2 Å². The Morgan fingerprint density at radius 1 is 1.19 bits per heavy atom. The second kappa shape index (κ2) is 8.81. The van der Waals surface area contributed by atoms with Crippen molar-refractivity contribution < 1.29 is 19.1 Å². The number of halogens is 1. The van der Waals surface area contributed by atoms with Crippen molar-refractivity contribution in [2.75, 3.05) is 13.1 Å². The van der Waals surface area contributed by atoms with Crippen molar-refractivity contribution in [1.29, 1.82) is 0 Å². The molecule has 2 aliphatic rings. The lowest BCUT2D eigenvalue weighted by Crippen LogP contribution is -2.67. The molecule has 0 unspecified atom stereocenters. The van der Waals surface area contributed by atoms with E-state index in [1.807, 2.05) is 13.8 Å². The largest absolute Gasteiger partial charge is 0.503 e. The minimum Gasteiger partial charge on any atom is -0.503 e. The molecule has 0 radical (unpaired) electrons. The highest BCUT2D eigenvalue weighted by atomic mass is 32.1.